The van der Waals surface area contributed by atoms with Crippen molar-refractivity contribution >= 4 is 22.6 Å². The van der Waals surface area contributed by atoms with Crippen LogP contribution in [0.25, 0.3) is 0 Å². The molecule has 3 nitrogen and oxygen atoms in total. The highest BCUT2D eigenvalue weighted by Crippen LogP contribution is 2.53. The molecule has 1 aliphatic carbocycles. The maximum Gasteiger partial charge on any atom is 0.152 e. The fourth-order valence-corrected chi connectivity index (χ4v) is 2.73. The van der Waals surface area contributed by atoms with Crippen LogP contribution in [0.2, 0.25) is 0 Å². The number of epoxide rings is 1. The Bertz CT molecular complexity index is 307. The van der Waals surface area contributed by atoms with E-state index in [0.717, 1.165) is 10.0 Å². The zero-order valence-electron chi connectivity index (χ0n) is 7.83. The summed E-state index contributed by atoms with van der Waals surface area (Å²) in [6.45, 7) is 0.307. The van der Waals surface area contributed by atoms with Gasteiger partial charge in [-0.05, 0) is 28.7 Å². The molecule has 0 aromatic rings. The van der Waals surface area contributed by atoms with Crippen molar-refractivity contribution < 1.29 is 14.2 Å². The minimum atomic E-state index is -0.228. The summed E-state index contributed by atoms with van der Waals surface area (Å²) in [7, 11) is 1.61. The molecule has 1 saturated heterocycles. The molecule has 76 valence electrons. The Labute approximate surface area is 96.9 Å². The standard InChI is InChI=1S/C10H11IO3/c1-3-9-10(14-9)5-7(4-8(10)11)13-6-12-2/h1,4,7,9H,5-6H2,2H3/t7-,9+,10-/m1/s1. The van der Waals surface area contributed by atoms with Crippen LogP contribution >= 0.6 is 22.6 Å². The number of methoxy groups -OCH3 is 1. The van der Waals surface area contributed by atoms with Gasteiger partial charge in [0.05, 0.1) is 6.10 Å². The van der Waals surface area contributed by atoms with Crippen LogP contribution < -0.4 is 0 Å². The second-order valence-electron chi connectivity index (χ2n) is 3.38. The molecule has 1 aliphatic heterocycles. The number of halogens is 1. The molecule has 0 N–H and O–H groups in total. The minimum Gasteiger partial charge on any atom is -0.359 e. The zero-order chi connectivity index (χ0) is 10.2. The maximum atomic E-state index is 5.50. The van der Waals surface area contributed by atoms with Crippen molar-refractivity contribution in [3.8, 4) is 12.3 Å². The molecule has 2 aliphatic rings. The monoisotopic (exact) mass is 306 g/mol. The molecular formula is C10H11IO3. The van der Waals surface area contributed by atoms with E-state index in [1.807, 2.05) is 0 Å². The highest BCUT2D eigenvalue weighted by molar-refractivity contribution is 14.1. The molecule has 2 rings (SSSR count). The van der Waals surface area contributed by atoms with Crippen LogP contribution in [-0.4, -0.2) is 31.7 Å². The van der Waals surface area contributed by atoms with Crippen LogP contribution in [0.5, 0.6) is 0 Å². The molecule has 1 fully saturated rings. The Kier molecular flexibility index (Phi) is 2.84. The Balaban J connectivity index is 1.96. The van der Waals surface area contributed by atoms with Crippen LogP contribution in [-0.2, 0) is 14.2 Å². The molecule has 0 saturated carbocycles. The summed E-state index contributed by atoms with van der Waals surface area (Å²) >= 11 is 2.26. The molecule has 1 spiro atoms. The van der Waals surface area contributed by atoms with Gasteiger partial charge in [-0.25, -0.2) is 0 Å². The van der Waals surface area contributed by atoms with Gasteiger partial charge >= 0.3 is 0 Å². The average molecular weight is 306 g/mol. The second kappa shape index (κ2) is 3.81. The molecule has 0 aromatic heterocycles. The Morgan fingerprint density at radius 1 is 1.86 bits per heavy atom. The first kappa shape index (κ1) is 10.4. The van der Waals surface area contributed by atoms with Crippen LogP contribution in [0.3, 0.4) is 0 Å². The predicted molar refractivity (Wildman–Crippen MR) is 59.9 cm³/mol. The van der Waals surface area contributed by atoms with E-state index in [1.54, 1.807) is 7.11 Å². The van der Waals surface area contributed by atoms with E-state index in [2.05, 4.69) is 34.6 Å². The van der Waals surface area contributed by atoms with Crippen molar-refractivity contribution in [1.82, 2.24) is 0 Å². The highest BCUT2D eigenvalue weighted by atomic mass is 127. The third-order valence-electron chi connectivity index (χ3n) is 2.49. The van der Waals surface area contributed by atoms with Crippen LogP contribution in [0.1, 0.15) is 6.42 Å². The van der Waals surface area contributed by atoms with Crippen molar-refractivity contribution in [2.45, 2.75) is 24.2 Å². The largest absolute Gasteiger partial charge is 0.359 e. The molecule has 4 heteroatoms. The molecule has 1 heterocycles. The summed E-state index contributed by atoms with van der Waals surface area (Å²) in [5, 5.41) is 0. The van der Waals surface area contributed by atoms with E-state index < -0.39 is 0 Å². The van der Waals surface area contributed by atoms with E-state index in [4.69, 9.17) is 20.6 Å². The third kappa shape index (κ3) is 1.58. The second-order valence-corrected chi connectivity index (χ2v) is 4.55. The fraction of sp³-hybridized carbons (Fsp3) is 0.600. The van der Waals surface area contributed by atoms with Crippen molar-refractivity contribution in [2.75, 3.05) is 13.9 Å². The van der Waals surface area contributed by atoms with Crippen LogP contribution in [0.15, 0.2) is 9.66 Å². The molecule has 0 aromatic carbocycles. The van der Waals surface area contributed by atoms with Crippen LogP contribution in [0, 0.1) is 12.3 Å². The van der Waals surface area contributed by atoms with Crippen molar-refractivity contribution in [3.63, 3.8) is 0 Å². The summed E-state index contributed by atoms with van der Waals surface area (Å²) in [6, 6.07) is 0. The molecule has 0 bridgehead atoms. The molecule has 0 amide bonds. The number of hydrogen-bond acceptors (Lipinski definition) is 3. The van der Waals surface area contributed by atoms with E-state index >= 15 is 0 Å². The van der Waals surface area contributed by atoms with Crippen molar-refractivity contribution in [2.24, 2.45) is 0 Å². The zero-order valence-corrected chi connectivity index (χ0v) is 9.98. The number of terminal acetylenes is 1. The van der Waals surface area contributed by atoms with E-state index in [9.17, 15) is 0 Å². The lowest BCUT2D eigenvalue weighted by Gasteiger charge is -2.09. The van der Waals surface area contributed by atoms with Crippen molar-refractivity contribution in [1.29, 1.82) is 0 Å². The fourth-order valence-electron chi connectivity index (χ4n) is 1.70. The van der Waals surface area contributed by atoms with Gasteiger partial charge in [0.2, 0.25) is 0 Å². The van der Waals surface area contributed by atoms with Gasteiger partial charge in [0, 0.05) is 17.1 Å². The smallest absolute Gasteiger partial charge is 0.152 e. The van der Waals surface area contributed by atoms with Gasteiger partial charge in [0.25, 0.3) is 0 Å². The summed E-state index contributed by atoms with van der Waals surface area (Å²) in [4.78, 5) is 0. The van der Waals surface area contributed by atoms with Gasteiger partial charge in [0.15, 0.2) is 6.10 Å². The molecule has 0 radical (unpaired) electrons. The Morgan fingerprint density at radius 3 is 3.21 bits per heavy atom. The van der Waals surface area contributed by atoms with Gasteiger partial charge in [0.1, 0.15) is 12.4 Å². The van der Waals surface area contributed by atoms with Gasteiger partial charge in [-0.15, -0.1) is 6.42 Å². The molecule has 0 unspecified atom stereocenters. The van der Waals surface area contributed by atoms with Gasteiger partial charge in [-0.1, -0.05) is 5.92 Å². The Morgan fingerprint density at radius 2 is 2.64 bits per heavy atom. The minimum absolute atomic E-state index is 0.0678. The molecule has 3 atom stereocenters. The summed E-state index contributed by atoms with van der Waals surface area (Å²) in [6.07, 6.45) is 8.19. The third-order valence-corrected chi connectivity index (χ3v) is 3.76. The SMILES string of the molecule is C#C[C@@H]1O[C@@]12C[C@H](OCOC)C=C2I. The first-order valence-corrected chi connectivity index (χ1v) is 5.43. The van der Waals surface area contributed by atoms with Gasteiger partial charge in [-0.2, -0.15) is 0 Å². The van der Waals surface area contributed by atoms with E-state index in [-0.39, 0.29) is 17.8 Å². The van der Waals surface area contributed by atoms with Crippen LogP contribution in [0.4, 0.5) is 0 Å². The lowest BCUT2D eigenvalue weighted by atomic mass is 10.1. The number of hydrogen-bond donors (Lipinski definition) is 0. The molecular weight excluding hydrogens is 295 g/mol. The number of ether oxygens (including phenoxy) is 3. The highest BCUT2D eigenvalue weighted by Gasteiger charge is 2.61. The quantitative estimate of drug-likeness (QED) is 0.342. The van der Waals surface area contributed by atoms with Crippen molar-refractivity contribution in [3.05, 3.63) is 9.66 Å². The van der Waals surface area contributed by atoms with E-state index in [1.165, 1.54) is 0 Å². The number of rotatable bonds is 3. The first-order valence-electron chi connectivity index (χ1n) is 4.35. The maximum absolute atomic E-state index is 5.50. The Hall–Kier alpha value is -0.0900. The average Bonchev–Trinajstić information content (AvgIpc) is 2.79. The summed E-state index contributed by atoms with van der Waals surface area (Å²) in [5.74, 6) is 2.62. The normalized spacial score (nSPS) is 39.6. The van der Waals surface area contributed by atoms with Gasteiger partial charge in [-0.3, -0.25) is 0 Å². The lowest BCUT2D eigenvalue weighted by Crippen LogP contribution is -2.17. The van der Waals surface area contributed by atoms with E-state index in [0.29, 0.717) is 6.79 Å². The molecule has 14 heavy (non-hydrogen) atoms. The first-order chi connectivity index (χ1) is 6.73. The lowest BCUT2D eigenvalue weighted by molar-refractivity contribution is -0.0578. The van der Waals surface area contributed by atoms with Gasteiger partial charge < -0.3 is 14.2 Å². The predicted octanol–water partition coefficient (Wildman–Crippen LogP) is 1.47. The summed E-state index contributed by atoms with van der Waals surface area (Å²) in [5.41, 5.74) is -0.228. The topological polar surface area (TPSA) is 31.0 Å². The summed E-state index contributed by atoms with van der Waals surface area (Å²) < 4.78 is 16.9.